The van der Waals surface area contributed by atoms with Gasteiger partial charge >= 0.3 is 0 Å². The summed E-state index contributed by atoms with van der Waals surface area (Å²) < 4.78 is 37.4. The van der Waals surface area contributed by atoms with Crippen molar-refractivity contribution in [1.29, 1.82) is 0 Å². The highest BCUT2D eigenvalue weighted by molar-refractivity contribution is 5.50. The van der Waals surface area contributed by atoms with Crippen LogP contribution in [-0.4, -0.2) is 14.2 Å². The van der Waals surface area contributed by atoms with E-state index >= 15 is 0 Å². The molecule has 0 fully saturated rings. The number of alkyl halides is 2. The van der Waals surface area contributed by atoms with Crippen molar-refractivity contribution < 1.29 is 18.3 Å². The Kier molecular flexibility index (Phi) is 3.86. The van der Waals surface area contributed by atoms with Gasteiger partial charge in [0.1, 0.15) is 0 Å². The van der Waals surface area contributed by atoms with Gasteiger partial charge in [-0.15, -0.1) is 0 Å². The average molecular weight is 259 g/mol. The highest BCUT2D eigenvalue weighted by Gasteiger charge is 2.33. The smallest absolute Gasteiger partial charge is 0.270 e. The third-order valence-corrected chi connectivity index (χ3v) is 2.69. The van der Waals surface area contributed by atoms with Gasteiger partial charge in [0.05, 0.1) is 14.2 Å². The van der Waals surface area contributed by atoms with Crippen LogP contribution in [0.25, 0.3) is 0 Å². The number of nitrogens with two attached hydrogens (primary N) is 1. The lowest BCUT2D eigenvalue weighted by Gasteiger charge is -2.27. The minimum atomic E-state index is -2.99. The predicted molar refractivity (Wildman–Crippen MR) is 66.3 cm³/mol. The van der Waals surface area contributed by atoms with Crippen molar-refractivity contribution >= 4 is 0 Å². The fourth-order valence-electron chi connectivity index (χ4n) is 1.78. The molecule has 0 spiro atoms. The quantitative estimate of drug-likeness (QED) is 0.904. The molecular formula is C13H19F2NO2. The van der Waals surface area contributed by atoms with Crippen LogP contribution < -0.4 is 15.2 Å². The number of halogens is 2. The van der Waals surface area contributed by atoms with Crippen LogP contribution in [0.1, 0.15) is 31.9 Å². The van der Waals surface area contributed by atoms with E-state index in [1.165, 1.54) is 26.4 Å². The normalized spacial score (nSPS) is 12.4. The van der Waals surface area contributed by atoms with E-state index in [1.54, 1.807) is 13.8 Å². The first-order valence-electron chi connectivity index (χ1n) is 5.55. The Morgan fingerprint density at radius 2 is 1.33 bits per heavy atom. The van der Waals surface area contributed by atoms with Gasteiger partial charge in [0, 0.05) is 18.0 Å². The van der Waals surface area contributed by atoms with Crippen molar-refractivity contribution in [3.8, 4) is 11.5 Å². The van der Waals surface area contributed by atoms with Crippen molar-refractivity contribution in [2.24, 2.45) is 5.73 Å². The minimum Gasteiger partial charge on any atom is -0.493 e. The van der Waals surface area contributed by atoms with E-state index in [4.69, 9.17) is 15.2 Å². The number of benzene rings is 1. The summed E-state index contributed by atoms with van der Waals surface area (Å²) in [6, 6.07) is 2.79. The SMILES string of the molecule is COc1cc(C(C)(C)N)c(C(C)(F)F)cc1OC. The van der Waals surface area contributed by atoms with Crippen LogP contribution in [0.15, 0.2) is 12.1 Å². The summed E-state index contributed by atoms with van der Waals surface area (Å²) in [4.78, 5) is 0. The Balaban J connectivity index is 3.57. The van der Waals surface area contributed by atoms with E-state index < -0.39 is 11.5 Å². The molecule has 5 heteroatoms. The fourth-order valence-corrected chi connectivity index (χ4v) is 1.78. The van der Waals surface area contributed by atoms with E-state index in [0.29, 0.717) is 11.3 Å². The second-order valence-corrected chi connectivity index (χ2v) is 4.86. The third kappa shape index (κ3) is 2.90. The highest BCUT2D eigenvalue weighted by atomic mass is 19.3. The Labute approximate surface area is 106 Å². The molecule has 0 aliphatic rings. The minimum absolute atomic E-state index is 0.146. The molecule has 0 amide bonds. The number of hydrogen-bond donors (Lipinski definition) is 1. The zero-order valence-corrected chi connectivity index (χ0v) is 11.3. The van der Waals surface area contributed by atoms with Gasteiger partial charge in [-0.25, -0.2) is 8.78 Å². The van der Waals surface area contributed by atoms with E-state index in [9.17, 15) is 8.78 Å². The molecule has 3 nitrogen and oxygen atoms in total. The van der Waals surface area contributed by atoms with Crippen LogP contribution in [-0.2, 0) is 11.5 Å². The van der Waals surface area contributed by atoms with Crippen LogP contribution in [0.2, 0.25) is 0 Å². The van der Waals surface area contributed by atoms with E-state index in [2.05, 4.69) is 0 Å². The molecule has 0 aromatic heterocycles. The summed E-state index contributed by atoms with van der Waals surface area (Å²) in [7, 11) is 2.86. The standard InChI is InChI=1S/C13H19F2NO2/c1-12(2,16)8-6-10(17-4)11(18-5)7-9(8)13(3,14)15/h6-7H,16H2,1-5H3. The molecule has 1 rings (SSSR count). The molecule has 102 valence electrons. The molecule has 18 heavy (non-hydrogen) atoms. The number of ether oxygens (including phenoxy) is 2. The van der Waals surface area contributed by atoms with Crippen LogP contribution in [0.5, 0.6) is 11.5 Å². The summed E-state index contributed by atoms with van der Waals surface area (Å²) in [5, 5.41) is 0. The molecule has 0 atom stereocenters. The van der Waals surface area contributed by atoms with Crippen molar-refractivity contribution in [1.82, 2.24) is 0 Å². The molecule has 1 aromatic carbocycles. The van der Waals surface area contributed by atoms with Gasteiger partial charge < -0.3 is 15.2 Å². The Hall–Kier alpha value is -1.36. The summed E-state index contributed by atoms with van der Waals surface area (Å²) in [6.45, 7) is 4.18. The maximum absolute atomic E-state index is 13.6. The lowest BCUT2D eigenvalue weighted by Crippen LogP contribution is -2.32. The lowest BCUT2D eigenvalue weighted by atomic mass is 9.88. The number of hydrogen-bond acceptors (Lipinski definition) is 3. The fraction of sp³-hybridized carbons (Fsp3) is 0.538. The van der Waals surface area contributed by atoms with Crippen LogP contribution >= 0.6 is 0 Å². The maximum atomic E-state index is 13.6. The van der Waals surface area contributed by atoms with Crippen LogP contribution in [0.4, 0.5) is 8.78 Å². The van der Waals surface area contributed by atoms with Crippen molar-refractivity contribution in [3.63, 3.8) is 0 Å². The molecule has 0 saturated carbocycles. The Morgan fingerprint density at radius 1 is 0.944 bits per heavy atom. The highest BCUT2D eigenvalue weighted by Crippen LogP contribution is 2.41. The van der Waals surface area contributed by atoms with E-state index in [1.807, 2.05) is 0 Å². The summed E-state index contributed by atoms with van der Waals surface area (Å²) >= 11 is 0. The first-order chi connectivity index (χ1) is 8.11. The molecule has 0 radical (unpaired) electrons. The molecule has 0 aliphatic carbocycles. The molecule has 0 heterocycles. The van der Waals surface area contributed by atoms with Crippen molar-refractivity contribution in [2.45, 2.75) is 32.2 Å². The first kappa shape index (κ1) is 14.7. The molecule has 0 aliphatic heterocycles. The molecule has 0 bridgehead atoms. The molecule has 0 saturated heterocycles. The van der Waals surface area contributed by atoms with Crippen molar-refractivity contribution in [2.75, 3.05) is 14.2 Å². The maximum Gasteiger partial charge on any atom is 0.270 e. The topological polar surface area (TPSA) is 44.5 Å². The number of rotatable bonds is 4. The monoisotopic (exact) mass is 259 g/mol. The summed E-state index contributed by atoms with van der Waals surface area (Å²) in [6.07, 6.45) is 0. The van der Waals surface area contributed by atoms with Gasteiger partial charge in [-0.2, -0.15) is 0 Å². The Morgan fingerprint density at radius 3 is 1.61 bits per heavy atom. The van der Waals surface area contributed by atoms with Crippen LogP contribution in [0.3, 0.4) is 0 Å². The largest absolute Gasteiger partial charge is 0.493 e. The molecule has 1 aromatic rings. The van der Waals surface area contributed by atoms with Crippen molar-refractivity contribution in [3.05, 3.63) is 23.3 Å². The zero-order valence-electron chi connectivity index (χ0n) is 11.3. The molecular weight excluding hydrogens is 240 g/mol. The first-order valence-corrected chi connectivity index (χ1v) is 5.55. The van der Waals surface area contributed by atoms with Gasteiger partial charge in [-0.3, -0.25) is 0 Å². The van der Waals surface area contributed by atoms with Gasteiger partial charge in [-0.1, -0.05) is 0 Å². The summed E-state index contributed by atoms with van der Waals surface area (Å²) in [5.74, 6) is -2.34. The third-order valence-electron chi connectivity index (χ3n) is 2.69. The van der Waals surface area contributed by atoms with Gasteiger partial charge in [0.15, 0.2) is 11.5 Å². The zero-order chi connectivity index (χ0) is 14.1. The molecule has 2 N–H and O–H groups in total. The Bertz CT molecular complexity index is 393. The second-order valence-electron chi connectivity index (χ2n) is 4.86. The average Bonchev–Trinajstić information content (AvgIpc) is 2.24. The van der Waals surface area contributed by atoms with E-state index in [-0.39, 0.29) is 11.3 Å². The molecule has 0 unspecified atom stereocenters. The van der Waals surface area contributed by atoms with Gasteiger partial charge in [-0.05, 0) is 31.5 Å². The summed E-state index contributed by atoms with van der Waals surface area (Å²) in [5.41, 5.74) is 5.24. The lowest BCUT2D eigenvalue weighted by molar-refractivity contribution is 0.0153. The number of methoxy groups -OCH3 is 2. The van der Waals surface area contributed by atoms with E-state index in [0.717, 1.165) is 6.92 Å². The van der Waals surface area contributed by atoms with Crippen LogP contribution in [0, 0.1) is 0 Å². The van der Waals surface area contributed by atoms with Gasteiger partial charge in [0.25, 0.3) is 5.92 Å². The second kappa shape index (κ2) is 4.72. The van der Waals surface area contributed by atoms with Gasteiger partial charge in [0.2, 0.25) is 0 Å². The predicted octanol–water partition coefficient (Wildman–Crippen LogP) is 3.01.